The van der Waals surface area contributed by atoms with Crippen molar-refractivity contribution in [2.75, 3.05) is 21.3 Å². The van der Waals surface area contributed by atoms with Crippen LogP contribution in [-0.4, -0.2) is 21.3 Å². The molecule has 0 aliphatic carbocycles. The number of hydrogen-bond acceptors (Lipinski definition) is 3. The molecule has 2 rings (SSSR count). The molecule has 4 nitrogen and oxygen atoms in total. The lowest BCUT2D eigenvalue weighted by Gasteiger charge is -2.13. The largest absolute Gasteiger partial charge is 1.00 e. The van der Waals surface area contributed by atoms with E-state index in [0.717, 1.165) is 17.7 Å². The topological polar surface area (TPSA) is 41.8 Å². The van der Waals surface area contributed by atoms with Crippen LogP contribution >= 0.6 is 0 Å². The number of rotatable bonds is 5. The molecule has 0 spiro atoms. The Morgan fingerprint density at radius 2 is 1.45 bits per heavy atom. The second-order valence-corrected chi connectivity index (χ2v) is 5.03. The number of aryl methyl sites for hydroxylation is 2. The van der Waals surface area contributed by atoms with Crippen molar-refractivity contribution in [2.24, 2.45) is 0 Å². The zero-order valence-corrected chi connectivity index (χ0v) is 15.8. The van der Waals surface area contributed by atoms with E-state index < -0.39 is 0 Å². The van der Waals surface area contributed by atoms with Gasteiger partial charge in [-0.15, -0.1) is 0 Å². The SMILES string of the molecule is COc1cc(Cc2cc(C)c(C)c[nH+]2)cc(OC)c1OC.[I-]. The molecule has 0 amide bonds. The summed E-state index contributed by atoms with van der Waals surface area (Å²) in [4.78, 5) is 3.32. The van der Waals surface area contributed by atoms with Gasteiger partial charge in [0.2, 0.25) is 5.75 Å². The summed E-state index contributed by atoms with van der Waals surface area (Å²) >= 11 is 0. The number of H-pyrrole nitrogens is 1. The fraction of sp³-hybridized carbons (Fsp3) is 0.353. The van der Waals surface area contributed by atoms with Gasteiger partial charge in [0, 0.05) is 11.6 Å². The van der Waals surface area contributed by atoms with Crippen LogP contribution in [0.1, 0.15) is 22.4 Å². The van der Waals surface area contributed by atoms with Gasteiger partial charge in [0.05, 0.1) is 27.8 Å². The standard InChI is InChI=1S/C17H21NO3.HI/c1-11-6-14(18-10-12(11)2)7-13-8-15(19-3)17(21-5)16(9-13)20-4;/h6,8-10H,7H2,1-5H3;1H. The summed E-state index contributed by atoms with van der Waals surface area (Å²) in [5.41, 5.74) is 4.77. The van der Waals surface area contributed by atoms with Gasteiger partial charge >= 0.3 is 0 Å². The maximum atomic E-state index is 5.38. The Bertz CT molecular complexity index is 619. The molecule has 5 heteroatoms. The first kappa shape index (κ1) is 18.5. The average Bonchev–Trinajstić information content (AvgIpc) is 2.49. The van der Waals surface area contributed by atoms with E-state index >= 15 is 0 Å². The van der Waals surface area contributed by atoms with E-state index in [1.165, 1.54) is 11.1 Å². The summed E-state index contributed by atoms with van der Waals surface area (Å²) < 4.78 is 16.1. The maximum Gasteiger partial charge on any atom is 0.203 e. The third-order valence-electron chi connectivity index (χ3n) is 3.61. The second kappa shape index (κ2) is 8.22. The van der Waals surface area contributed by atoms with Crippen molar-refractivity contribution in [3.05, 3.63) is 46.8 Å². The van der Waals surface area contributed by atoms with Gasteiger partial charge in [0.15, 0.2) is 23.4 Å². The number of nitrogens with one attached hydrogen (secondary N) is 1. The second-order valence-electron chi connectivity index (χ2n) is 5.03. The molecule has 1 aromatic heterocycles. The molecule has 0 aliphatic heterocycles. The molecule has 1 N–H and O–H groups in total. The first-order valence-corrected chi connectivity index (χ1v) is 6.85. The predicted octanol–water partition coefficient (Wildman–Crippen LogP) is -0.262. The van der Waals surface area contributed by atoms with Crippen LogP contribution in [-0.2, 0) is 6.42 Å². The number of halogens is 1. The van der Waals surface area contributed by atoms with E-state index in [9.17, 15) is 0 Å². The molecule has 0 bridgehead atoms. The lowest BCUT2D eigenvalue weighted by atomic mass is 10.1. The van der Waals surface area contributed by atoms with Crippen molar-refractivity contribution in [1.82, 2.24) is 0 Å². The highest BCUT2D eigenvalue weighted by Gasteiger charge is 2.15. The number of hydrogen-bond donors (Lipinski definition) is 0. The van der Waals surface area contributed by atoms with Gasteiger partial charge in [-0.05, 0) is 37.1 Å². The molecular formula is C17H22INO3. The van der Waals surface area contributed by atoms with Crippen molar-refractivity contribution in [3.63, 3.8) is 0 Å². The van der Waals surface area contributed by atoms with Crippen molar-refractivity contribution >= 4 is 0 Å². The van der Waals surface area contributed by atoms with Gasteiger partial charge in [-0.1, -0.05) is 0 Å². The maximum absolute atomic E-state index is 5.38. The predicted molar refractivity (Wildman–Crippen MR) is 81.4 cm³/mol. The number of aromatic amines is 1. The highest BCUT2D eigenvalue weighted by atomic mass is 127. The number of methoxy groups -OCH3 is 3. The van der Waals surface area contributed by atoms with Crippen LogP contribution in [0.5, 0.6) is 17.2 Å². The Morgan fingerprint density at radius 3 is 1.91 bits per heavy atom. The fourth-order valence-corrected chi connectivity index (χ4v) is 2.29. The number of benzene rings is 1. The zero-order chi connectivity index (χ0) is 15.4. The first-order valence-electron chi connectivity index (χ1n) is 6.85. The summed E-state index contributed by atoms with van der Waals surface area (Å²) in [5, 5.41) is 0. The molecule has 0 fully saturated rings. The molecule has 1 aromatic carbocycles. The summed E-state index contributed by atoms with van der Waals surface area (Å²) in [6.07, 6.45) is 2.81. The quantitative estimate of drug-likeness (QED) is 0.633. The summed E-state index contributed by atoms with van der Waals surface area (Å²) in [5.74, 6) is 1.97. The molecule has 120 valence electrons. The van der Waals surface area contributed by atoms with E-state index in [4.69, 9.17) is 14.2 Å². The molecule has 2 aromatic rings. The van der Waals surface area contributed by atoms with E-state index in [0.29, 0.717) is 17.2 Å². The fourth-order valence-electron chi connectivity index (χ4n) is 2.29. The molecule has 0 saturated heterocycles. The van der Waals surface area contributed by atoms with Gasteiger partial charge in [-0.25, -0.2) is 4.98 Å². The van der Waals surface area contributed by atoms with Crippen LogP contribution in [0.15, 0.2) is 24.4 Å². The van der Waals surface area contributed by atoms with E-state index in [1.54, 1.807) is 21.3 Å². The third kappa shape index (κ3) is 4.03. The van der Waals surface area contributed by atoms with E-state index in [2.05, 4.69) is 24.9 Å². The van der Waals surface area contributed by atoms with Gasteiger partial charge in [0.1, 0.15) is 0 Å². The molecule has 0 unspecified atom stereocenters. The molecule has 0 atom stereocenters. The minimum atomic E-state index is 0. The summed E-state index contributed by atoms with van der Waals surface area (Å²) in [7, 11) is 4.86. The summed E-state index contributed by atoms with van der Waals surface area (Å²) in [6.45, 7) is 4.21. The van der Waals surface area contributed by atoms with Gasteiger partial charge in [-0.2, -0.15) is 0 Å². The van der Waals surface area contributed by atoms with E-state index in [1.807, 2.05) is 18.3 Å². The lowest BCUT2D eigenvalue weighted by molar-refractivity contribution is -0.390. The van der Waals surface area contributed by atoms with Gasteiger partial charge in [-0.3, -0.25) is 0 Å². The Hall–Kier alpha value is -1.50. The number of aromatic nitrogens is 1. The Balaban J connectivity index is 0.00000242. The normalized spacial score (nSPS) is 9.86. The highest BCUT2D eigenvalue weighted by Crippen LogP contribution is 2.38. The highest BCUT2D eigenvalue weighted by molar-refractivity contribution is 5.54. The van der Waals surface area contributed by atoms with Crippen molar-refractivity contribution < 1.29 is 43.2 Å². The molecular weight excluding hydrogens is 393 g/mol. The number of pyridine rings is 1. The molecule has 0 radical (unpaired) electrons. The van der Waals surface area contributed by atoms with Crippen LogP contribution in [0.3, 0.4) is 0 Å². The summed E-state index contributed by atoms with van der Waals surface area (Å²) in [6, 6.07) is 6.12. The minimum Gasteiger partial charge on any atom is -1.00 e. The van der Waals surface area contributed by atoms with Crippen LogP contribution in [0, 0.1) is 13.8 Å². The smallest absolute Gasteiger partial charge is 0.203 e. The number of ether oxygens (including phenoxy) is 3. The Morgan fingerprint density at radius 1 is 0.864 bits per heavy atom. The molecule has 0 aliphatic rings. The molecule has 1 heterocycles. The van der Waals surface area contributed by atoms with Crippen LogP contribution < -0.4 is 43.2 Å². The van der Waals surface area contributed by atoms with E-state index in [-0.39, 0.29) is 24.0 Å². The molecule has 0 saturated carbocycles. The van der Waals surface area contributed by atoms with Gasteiger partial charge in [0.25, 0.3) is 0 Å². The van der Waals surface area contributed by atoms with Crippen molar-refractivity contribution in [3.8, 4) is 17.2 Å². The van der Waals surface area contributed by atoms with Crippen molar-refractivity contribution in [2.45, 2.75) is 20.3 Å². The first-order chi connectivity index (χ1) is 10.1. The molecule has 22 heavy (non-hydrogen) atoms. The average molecular weight is 415 g/mol. The monoisotopic (exact) mass is 415 g/mol. The Kier molecular flexibility index (Phi) is 6.93. The van der Waals surface area contributed by atoms with Crippen molar-refractivity contribution in [1.29, 1.82) is 0 Å². The Labute approximate surface area is 148 Å². The van der Waals surface area contributed by atoms with Crippen LogP contribution in [0.2, 0.25) is 0 Å². The minimum absolute atomic E-state index is 0. The van der Waals surface area contributed by atoms with Crippen LogP contribution in [0.25, 0.3) is 0 Å². The van der Waals surface area contributed by atoms with Gasteiger partial charge < -0.3 is 38.2 Å². The lowest BCUT2D eigenvalue weighted by Crippen LogP contribution is -3.00. The third-order valence-corrected chi connectivity index (χ3v) is 3.61. The van der Waals surface area contributed by atoms with Crippen LogP contribution in [0.4, 0.5) is 0 Å². The zero-order valence-electron chi connectivity index (χ0n) is 13.6.